The molecule has 1 atom stereocenters. The fourth-order valence-electron chi connectivity index (χ4n) is 3.06. The molecule has 4 nitrogen and oxygen atoms in total. The molecule has 5 heteroatoms. The van der Waals surface area contributed by atoms with E-state index in [9.17, 15) is 9.50 Å². The lowest BCUT2D eigenvalue weighted by atomic mass is 10.1. The van der Waals surface area contributed by atoms with Gasteiger partial charge in [0.05, 0.1) is 22.8 Å². The van der Waals surface area contributed by atoms with E-state index in [1.54, 1.807) is 25.3 Å². The van der Waals surface area contributed by atoms with Crippen molar-refractivity contribution in [2.45, 2.75) is 32.4 Å². The van der Waals surface area contributed by atoms with Crippen LogP contribution in [0.1, 0.15) is 31.0 Å². The number of imidazole rings is 1. The van der Waals surface area contributed by atoms with E-state index < -0.39 is 6.10 Å². The van der Waals surface area contributed by atoms with Gasteiger partial charge in [0.1, 0.15) is 11.6 Å². The molecule has 112 valence electrons. The standard InChI is InChI=1S/C17H16FN3O/c1-10(22)14-5-4-11(9-19-14)12-7-16-15(8-13(12)18)20-17-3-2-6-21(16)17/h4-5,7-10,22H,2-3,6H2,1H3. The number of rotatable bonds is 2. The first-order chi connectivity index (χ1) is 10.6. The van der Waals surface area contributed by atoms with Crippen LogP contribution < -0.4 is 0 Å². The van der Waals surface area contributed by atoms with Crippen LogP contribution in [-0.4, -0.2) is 19.6 Å². The predicted molar refractivity (Wildman–Crippen MR) is 81.9 cm³/mol. The summed E-state index contributed by atoms with van der Waals surface area (Å²) in [6.45, 7) is 2.60. The Morgan fingerprint density at radius 1 is 1.32 bits per heavy atom. The molecule has 1 N–H and O–H groups in total. The fourth-order valence-corrected chi connectivity index (χ4v) is 3.06. The Bertz CT molecular complexity index is 852. The minimum atomic E-state index is -0.625. The van der Waals surface area contributed by atoms with Gasteiger partial charge in [-0.3, -0.25) is 4.98 Å². The van der Waals surface area contributed by atoms with Gasteiger partial charge in [0, 0.05) is 36.4 Å². The lowest BCUT2D eigenvalue weighted by molar-refractivity contribution is 0.194. The second-order valence-electron chi connectivity index (χ2n) is 5.75. The summed E-state index contributed by atoms with van der Waals surface area (Å²) >= 11 is 0. The molecule has 22 heavy (non-hydrogen) atoms. The van der Waals surface area contributed by atoms with Gasteiger partial charge in [0.25, 0.3) is 0 Å². The highest BCUT2D eigenvalue weighted by Crippen LogP contribution is 2.30. The lowest BCUT2D eigenvalue weighted by Crippen LogP contribution is -1.96. The number of aryl methyl sites for hydroxylation is 2. The number of benzene rings is 1. The molecule has 1 aliphatic rings. The van der Waals surface area contributed by atoms with Gasteiger partial charge in [-0.15, -0.1) is 0 Å². The third-order valence-corrected chi connectivity index (χ3v) is 4.22. The van der Waals surface area contributed by atoms with Crippen LogP contribution in [0.4, 0.5) is 4.39 Å². The van der Waals surface area contributed by atoms with Crippen molar-refractivity contribution < 1.29 is 9.50 Å². The van der Waals surface area contributed by atoms with Gasteiger partial charge in [-0.05, 0) is 25.5 Å². The highest BCUT2D eigenvalue weighted by Gasteiger charge is 2.18. The van der Waals surface area contributed by atoms with Crippen molar-refractivity contribution in [3.8, 4) is 11.1 Å². The zero-order valence-electron chi connectivity index (χ0n) is 12.3. The molecule has 1 aliphatic heterocycles. The summed E-state index contributed by atoms with van der Waals surface area (Å²) in [6.07, 6.45) is 3.03. The van der Waals surface area contributed by atoms with Crippen molar-refractivity contribution in [1.82, 2.24) is 14.5 Å². The average Bonchev–Trinajstić information content (AvgIpc) is 3.07. The molecule has 0 spiro atoms. The van der Waals surface area contributed by atoms with E-state index in [4.69, 9.17) is 0 Å². The molecule has 0 aliphatic carbocycles. The molecule has 0 radical (unpaired) electrons. The Hall–Kier alpha value is -2.27. The second-order valence-corrected chi connectivity index (χ2v) is 5.75. The largest absolute Gasteiger partial charge is 0.387 e. The monoisotopic (exact) mass is 297 g/mol. The van der Waals surface area contributed by atoms with E-state index >= 15 is 0 Å². The maximum atomic E-state index is 14.4. The fraction of sp³-hybridized carbons (Fsp3) is 0.294. The van der Waals surface area contributed by atoms with E-state index in [2.05, 4.69) is 14.5 Å². The summed E-state index contributed by atoms with van der Waals surface area (Å²) in [5.41, 5.74) is 3.49. The van der Waals surface area contributed by atoms with Crippen molar-refractivity contribution in [1.29, 1.82) is 0 Å². The van der Waals surface area contributed by atoms with Gasteiger partial charge in [-0.2, -0.15) is 0 Å². The molecule has 3 aromatic rings. The van der Waals surface area contributed by atoms with Gasteiger partial charge in [0.15, 0.2) is 0 Å². The first-order valence-electron chi connectivity index (χ1n) is 7.46. The van der Waals surface area contributed by atoms with Gasteiger partial charge in [-0.1, -0.05) is 6.07 Å². The van der Waals surface area contributed by atoms with Crippen LogP contribution in [0.5, 0.6) is 0 Å². The lowest BCUT2D eigenvalue weighted by Gasteiger charge is -2.08. The summed E-state index contributed by atoms with van der Waals surface area (Å²) in [4.78, 5) is 8.70. The van der Waals surface area contributed by atoms with Crippen LogP contribution in [0.3, 0.4) is 0 Å². The van der Waals surface area contributed by atoms with E-state index in [0.717, 1.165) is 30.7 Å². The van der Waals surface area contributed by atoms with Crippen molar-refractivity contribution in [2.75, 3.05) is 0 Å². The minimum absolute atomic E-state index is 0.295. The van der Waals surface area contributed by atoms with E-state index in [0.29, 0.717) is 22.3 Å². The summed E-state index contributed by atoms with van der Waals surface area (Å²) in [7, 11) is 0. The van der Waals surface area contributed by atoms with E-state index in [-0.39, 0.29) is 5.82 Å². The molecule has 0 fully saturated rings. The number of halogens is 1. The Kier molecular flexibility index (Phi) is 2.97. The predicted octanol–water partition coefficient (Wildman–Crippen LogP) is 3.24. The number of pyridine rings is 1. The highest BCUT2D eigenvalue weighted by molar-refractivity contribution is 5.83. The second kappa shape index (κ2) is 4.88. The smallest absolute Gasteiger partial charge is 0.133 e. The Balaban J connectivity index is 1.85. The average molecular weight is 297 g/mol. The maximum Gasteiger partial charge on any atom is 0.133 e. The Morgan fingerprint density at radius 2 is 2.18 bits per heavy atom. The quantitative estimate of drug-likeness (QED) is 0.790. The minimum Gasteiger partial charge on any atom is -0.387 e. The zero-order chi connectivity index (χ0) is 15.3. The zero-order valence-corrected chi connectivity index (χ0v) is 12.3. The van der Waals surface area contributed by atoms with Crippen molar-refractivity contribution in [2.24, 2.45) is 0 Å². The summed E-state index contributed by atoms with van der Waals surface area (Å²) in [6, 6.07) is 6.87. The molecule has 0 bridgehead atoms. The first kappa shape index (κ1) is 13.4. The molecule has 0 amide bonds. The van der Waals surface area contributed by atoms with Crippen LogP contribution >= 0.6 is 0 Å². The molecule has 2 aromatic heterocycles. The van der Waals surface area contributed by atoms with Gasteiger partial charge in [0.2, 0.25) is 0 Å². The number of aliphatic hydroxyl groups excluding tert-OH is 1. The van der Waals surface area contributed by atoms with E-state index in [1.807, 2.05) is 6.07 Å². The molecule has 1 unspecified atom stereocenters. The van der Waals surface area contributed by atoms with Gasteiger partial charge >= 0.3 is 0 Å². The third-order valence-electron chi connectivity index (χ3n) is 4.22. The molecule has 0 saturated heterocycles. The number of hydrogen-bond acceptors (Lipinski definition) is 3. The van der Waals surface area contributed by atoms with Crippen LogP contribution in [0.25, 0.3) is 22.2 Å². The van der Waals surface area contributed by atoms with Crippen LogP contribution in [0.2, 0.25) is 0 Å². The normalized spacial score (nSPS) is 15.2. The maximum absolute atomic E-state index is 14.4. The van der Waals surface area contributed by atoms with Crippen LogP contribution in [0, 0.1) is 5.82 Å². The van der Waals surface area contributed by atoms with Crippen molar-refractivity contribution in [3.63, 3.8) is 0 Å². The van der Waals surface area contributed by atoms with Crippen LogP contribution in [0.15, 0.2) is 30.5 Å². The van der Waals surface area contributed by atoms with E-state index in [1.165, 1.54) is 6.07 Å². The SMILES string of the molecule is CC(O)c1ccc(-c2cc3c(cc2F)nc2n3CCC2)cn1. The summed E-state index contributed by atoms with van der Waals surface area (Å²) < 4.78 is 16.6. The molecular formula is C17H16FN3O. The Labute approximate surface area is 127 Å². The van der Waals surface area contributed by atoms with Crippen molar-refractivity contribution in [3.05, 3.63) is 47.8 Å². The first-order valence-corrected chi connectivity index (χ1v) is 7.46. The molecule has 0 saturated carbocycles. The molecule has 3 heterocycles. The number of aromatic nitrogens is 3. The number of fused-ring (bicyclic) bond motifs is 3. The molecule has 1 aromatic carbocycles. The molecular weight excluding hydrogens is 281 g/mol. The third kappa shape index (κ3) is 2.01. The summed E-state index contributed by atoms with van der Waals surface area (Å²) in [5.74, 6) is 0.741. The Morgan fingerprint density at radius 3 is 2.91 bits per heavy atom. The van der Waals surface area contributed by atoms with Gasteiger partial charge in [-0.25, -0.2) is 9.37 Å². The number of aliphatic hydroxyl groups is 1. The molecule has 4 rings (SSSR count). The topological polar surface area (TPSA) is 50.9 Å². The summed E-state index contributed by atoms with van der Waals surface area (Å²) in [5, 5.41) is 9.51. The number of nitrogens with zero attached hydrogens (tertiary/aromatic N) is 3. The van der Waals surface area contributed by atoms with Crippen LogP contribution in [-0.2, 0) is 13.0 Å². The van der Waals surface area contributed by atoms with Gasteiger partial charge < -0.3 is 9.67 Å². The highest BCUT2D eigenvalue weighted by atomic mass is 19.1. The van der Waals surface area contributed by atoms with Crippen molar-refractivity contribution >= 4 is 11.0 Å². The number of hydrogen-bond donors (Lipinski definition) is 1.